The molecule has 1 atom stereocenters. The molecule has 174 valence electrons. The summed E-state index contributed by atoms with van der Waals surface area (Å²) in [6.07, 6.45) is 3.07. The first-order chi connectivity index (χ1) is 15.9. The van der Waals surface area contributed by atoms with Gasteiger partial charge in [0.15, 0.2) is 0 Å². The second-order valence-electron chi connectivity index (χ2n) is 8.78. The summed E-state index contributed by atoms with van der Waals surface area (Å²) in [5.41, 5.74) is 1.03. The van der Waals surface area contributed by atoms with Gasteiger partial charge in [0.1, 0.15) is 5.82 Å². The van der Waals surface area contributed by atoms with Gasteiger partial charge in [-0.15, -0.1) is 11.3 Å². The van der Waals surface area contributed by atoms with Gasteiger partial charge < -0.3 is 4.90 Å². The van der Waals surface area contributed by atoms with E-state index in [1.165, 1.54) is 21.1 Å². The van der Waals surface area contributed by atoms with Gasteiger partial charge >= 0.3 is 0 Å². The van der Waals surface area contributed by atoms with E-state index in [1.54, 1.807) is 11.3 Å². The van der Waals surface area contributed by atoms with Crippen molar-refractivity contribution in [3.63, 3.8) is 0 Å². The Kier molecular flexibility index (Phi) is 6.20. The number of sulfonamides is 1. The lowest BCUT2D eigenvalue weighted by atomic mass is 9.93. The largest absolute Gasteiger partial charge is 0.342 e. The van der Waals surface area contributed by atoms with Gasteiger partial charge in [-0.25, -0.2) is 17.8 Å². The highest BCUT2D eigenvalue weighted by atomic mass is 32.2. The fourth-order valence-corrected chi connectivity index (χ4v) is 7.45. The molecule has 2 fully saturated rings. The summed E-state index contributed by atoms with van der Waals surface area (Å²) in [5, 5.41) is 1.14. The van der Waals surface area contributed by atoms with Crippen LogP contribution in [0.4, 0.5) is 4.39 Å². The van der Waals surface area contributed by atoms with Crippen molar-refractivity contribution in [3.8, 4) is 0 Å². The molecule has 1 amide bonds. The lowest BCUT2D eigenvalue weighted by Gasteiger charge is -2.37. The number of likely N-dealkylation sites (tertiary alicyclic amines) is 1. The van der Waals surface area contributed by atoms with E-state index in [1.807, 2.05) is 23.1 Å². The quantitative estimate of drug-likeness (QED) is 0.552. The number of aromatic nitrogens is 1. The average Bonchev–Trinajstić information content (AvgIpc) is 3.28. The van der Waals surface area contributed by atoms with E-state index in [-0.39, 0.29) is 23.3 Å². The lowest BCUT2D eigenvalue weighted by Crippen LogP contribution is -2.48. The van der Waals surface area contributed by atoms with Crippen molar-refractivity contribution in [1.82, 2.24) is 14.2 Å². The number of thiazole rings is 1. The van der Waals surface area contributed by atoms with Gasteiger partial charge in [-0.3, -0.25) is 4.79 Å². The summed E-state index contributed by atoms with van der Waals surface area (Å²) >= 11 is 1.73. The summed E-state index contributed by atoms with van der Waals surface area (Å²) in [4.78, 5) is 20.0. The maximum absolute atomic E-state index is 13.2. The highest BCUT2D eigenvalue weighted by molar-refractivity contribution is 7.89. The predicted octanol–water partition coefficient (Wildman–Crippen LogP) is 4.24. The Labute approximate surface area is 197 Å². The van der Waals surface area contributed by atoms with E-state index in [9.17, 15) is 17.6 Å². The second kappa shape index (κ2) is 9.12. The number of piperidine rings is 2. The van der Waals surface area contributed by atoms with Crippen molar-refractivity contribution in [1.29, 1.82) is 0 Å². The molecule has 0 radical (unpaired) electrons. The molecule has 2 saturated heterocycles. The Hall–Kier alpha value is -2.36. The number of carbonyl (C=O) groups is 1. The molecule has 0 bridgehead atoms. The van der Waals surface area contributed by atoms with E-state index >= 15 is 0 Å². The summed E-state index contributed by atoms with van der Waals surface area (Å²) in [6, 6.07) is 13.0. The summed E-state index contributed by atoms with van der Waals surface area (Å²) < 4.78 is 41.8. The number of carbonyl (C=O) groups excluding carboxylic acids is 1. The van der Waals surface area contributed by atoms with Crippen molar-refractivity contribution >= 4 is 37.5 Å². The van der Waals surface area contributed by atoms with Crippen molar-refractivity contribution in [2.75, 3.05) is 26.2 Å². The third-order valence-corrected chi connectivity index (χ3v) is 9.73. The monoisotopic (exact) mass is 487 g/mol. The van der Waals surface area contributed by atoms with Crippen molar-refractivity contribution in [3.05, 3.63) is 59.4 Å². The summed E-state index contributed by atoms with van der Waals surface area (Å²) in [6.45, 7) is 1.89. The zero-order valence-electron chi connectivity index (χ0n) is 18.2. The Bertz CT molecular complexity index is 1220. The molecule has 0 saturated carbocycles. The van der Waals surface area contributed by atoms with E-state index in [0.717, 1.165) is 35.5 Å². The zero-order valence-corrected chi connectivity index (χ0v) is 19.8. The molecule has 1 aromatic heterocycles. The minimum Gasteiger partial charge on any atom is -0.342 e. The average molecular weight is 488 g/mol. The Morgan fingerprint density at radius 1 is 1.00 bits per heavy atom. The minimum atomic E-state index is -3.74. The molecular formula is C24H26FN3O3S2. The number of fused-ring (bicyclic) bond motifs is 1. The molecule has 5 rings (SSSR count). The van der Waals surface area contributed by atoms with E-state index < -0.39 is 15.8 Å². The smallest absolute Gasteiger partial charge is 0.243 e. The van der Waals surface area contributed by atoms with Crippen LogP contribution in [0.2, 0.25) is 0 Å². The van der Waals surface area contributed by atoms with Crippen LogP contribution in [0, 0.1) is 11.7 Å². The highest BCUT2D eigenvalue weighted by Gasteiger charge is 2.36. The molecule has 2 aliphatic heterocycles. The van der Waals surface area contributed by atoms with Crippen molar-refractivity contribution in [2.24, 2.45) is 5.92 Å². The van der Waals surface area contributed by atoms with Crippen LogP contribution < -0.4 is 0 Å². The SMILES string of the molecule is O=C(C1CCCN(S(=O)(=O)c2ccc(F)cc2)C1)N1CCC(c2nc3ccccc3s2)CC1. The minimum absolute atomic E-state index is 0.0387. The van der Waals surface area contributed by atoms with Crippen LogP contribution in [0.1, 0.15) is 36.6 Å². The topological polar surface area (TPSA) is 70.6 Å². The Balaban J connectivity index is 1.22. The van der Waals surface area contributed by atoms with Crippen LogP contribution in [-0.4, -0.2) is 54.7 Å². The molecule has 2 aromatic carbocycles. The first-order valence-electron chi connectivity index (χ1n) is 11.3. The highest BCUT2D eigenvalue weighted by Crippen LogP contribution is 2.34. The van der Waals surface area contributed by atoms with Crippen molar-refractivity contribution in [2.45, 2.75) is 36.5 Å². The molecule has 6 nitrogen and oxygen atoms in total. The van der Waals surface area contributed by atoms with Gasteiger partial charge in [-0.05, 0) is 62.1 Å². The summed E-state index contributed by atoms with van der Waals surface area (Å²) in [5.74, 6) is -0.423. The van der Waals surface area contributed by atoms with Crippen molar-refractivity contribution < 1.29 is 17.6 Å². The number of halogens is 1. The fourth-order valence-electron chi connectivity index (χ4n) is 4.79. The molecule has 2 aliphatic rings. The number of hydrogen-bond acceptors (Lipinski definition) is 5. The maximum atomic E-state index is 13.2. The second-order valence-corrected chi connectivity index (χ2v) is 11.8. The number of benzene rings is 2. The molecule has 1 unspecified atom stereocenters. The standard InChI is InChI=1S/C24H26FN3O3S2/c25-19-7-9-20(10-8-19)33(30,31)28-13-3-4-18(16-28)24(29)27-14-11-17(12-15-27)23-26-21-5-1-2-6-22(21)32-23/h1-2,5-10,17-18H,3-4,11-16H2. The lowest BCUT2D eigenvalue weighted by molar-refractivity contribution is -0.137. The number of rotatable bonds is 4. The van der Waals surface area contributed by atoms with Gasteiger partial charge in [-0.1, -0.05) is 12.1 Å². The van der Waals surface area contributed by atoms with Crippen LogP contribution in [-0.2, 0) is 14.8 Å². The molecule has 0 N–H and O–H groups in total. The molecule has 3 heterocycles. The van der Waals surface area contributed by atoms with Crippen LogP contribution in [0.25, 0.3) is 10.2 Å². The van der Waals surface area contributed by atoms with Gasteiger partial charge in [-0.2, -0.15) is 4.31 Å². The van der Waals surface area contributed by atoms with Gasteiger partial charge in [0.05, 0.1) is 26.0 Å². The van der Waals surface area contributed by atoms with Crippen LogP contribution >= 0.6 is 11.3 Å². The molecular weight excluding hydrogens is 461 g/mol. The third-order valence-electron chi connectivity index (χ3n) is 6.65. The number of amides is 1. The Morgan fingerprint density at radius 2 is 1.73 bits per heavy atom. The normalized spacial score (nSPS) is 20.9. The number of nitrogens with zero attached hydrogens (tertiary/aromatic N) is 3. The van der Waals surface area contributed by atoms with Crippen LogP contribution in [0.15, 0.2) is 53.4 Å². The number of para-hydroxylation sites is 1. The molecule has 0 aliphatic carbocycles. The zero-order chi connectivity index (χ0) is 23.0. The molecule has 0 spiro atoms. The van der Waals surface area contributed by atoms with E-state index in [4.69, 9.17) is 4.98 Å². The first kappa shape index (κ1) is 22.4. The van der Waals surface area contributed by atoms with E-state index in [2.05, 4.69) is 6.07 Å². The predicted molar refractivity (Wildman–Crippen MR) is 126 cm³/mol. The maximum Gasteiger partial charge on any atom is 0.243 e. The molecule has 9 heteroatoms. The van der Waals surface area contributed by atoms with Gasteiger partial charge in [0, 0.05) is 32.1 Å². The van der Waals surface area contributed by atoms with Crippen LogP contribution in [0.5, 0.6) is 0 Å². The number of hydrogen-bond donors (Lipinski definition) is 0. The van der Waals surface area contributed by atoms with Crippen LogP contribution in [0.3, 0.4) is 0 Å². The Morgan fingerprint density at radius 3 is 2.45 bits per heavy atom. The fraction of sp³-hybridized carbons (Fsp3) is 0.417. The third kappa shape index (κ3) is 4.54. The van der Waals surface area contributed by atoms with Gasteiger partial charge in [0.25, 0.3) is 0 Å². The molecule has 3 aromatic rings. The summed E-state index contributed by atoms with van der Waals surface area (Å²) in [7, 11) is -3.74. The molecule has 33 heavy (non-hydrogen) atoms. The first-order valence-corrected chi connectivity index (χ1v) is 13.6. The van der Waals surface area contributed by atoms with Gasteiger partial charge in [0.2, 0.25) is 15.9 Å². The van der Waals surface area contributed by atoms with E-state index in [0.29, 0.717) is 38.4 Å².